The quantitative estimate of drug-likeness (QED) is 0.226. The van der Waals surface area contributed by atoms with Gasteiger partial charge in [-0.25, -0.2) is 0 Å². The molecule has 0 aromatic rings. The molecule has 84 valence electrons. The van der Waals surface area contributed by atoms with Crippen molar-refractivity contribution >= 4 is 11.5 Å². The average molecular weight is 212 g/mol. The zero-order valence-electron chi connectivity index (χ0n) is 8.97. The van der Waals surface area contributed by atoms with Crippen LogP contribution in [0.2, 0.25) is 0 Å². The first-order valence-corrected chi connectivity index (χ1v) is 4.69. The van der Waals surface area contributed by atoms with Crippen LogP contribution in [-0.2, 0) is 4.84 Å². The largest absolute Gasteiger partial charge is 0.409 e. The van der Waals surface area contributed by atoms with Crippen LogP contribution >= 0.6 is 0 Å². The molecule has 0 aliphatic rings. The summed E-state index contributed by atoms with van der Waals surface area (Å²) >= 11 is 0. The van der Waals surface area contributed by atoms with Crippen LogP contribution in [0, 0.1) is 17.2 Å². The monoisotopic (exact) mass is 212 g/mol. The summed E-state index contributed by atoms with van der Waals surface area (Å²) in [6.07, 6.45) is 1.89. The maximum atomic E-state index is 8.54. The fourth-order valence-electron chi connectivity index (χ4n) is 0.838. The van der Waals surface area contributed by atoms with Gasteiger partial charge in [0.2, 0.25) is 11.5 Å². The minimum absolute atomic E-state index is 0.220. The van der Waals surface area contributed by atoms with Crippen LogP contribution in [-0.4, -0.2) is 23.4 Å². The smallest absolute Gasteiger partial charge is 0.224 e. The molecule has 0 spiro atoms. The normalized spacial score (nSPS) is 12.7. The minimum atomic E-state index is -0.346. The average Bonchev–Trinajstić information content (AvgIpc) is 2.22. The molecule has 0 bridgehead atoms. The molecule has 0 aliphatic heterocycles. The number of nitrogens with zero attached hydrogens (tertiary/aromatic N) is 3. The lowest BCUT2D eigenvalue weighted by Crippen LogP contribution is -2.22. The molecule has 0 radical (unpaired) electrons. The fraction of sp³-hybridized carbons (Fsp3) is 0.667. The van der Waals surface area contributed by atoms with Crippen molar-refractivity contribution in [2.75, 3.05) is 6.61 Å². The Bertz CT molecular complexity index is 278. The zero-order chi connectivity index (χ0) is 11.7. The first-order valence-electron chi connectivity index (χ1n) is 4.69. The summed E-state index contributed by atoms with van der Waals surface area (Å²) in [5.74, 6) is 0.262. The standard InChI is InChI=1S/C9H16N4O2/c1-7(2)4-3-5-15-13-8(6-10)9(11)12-14/h7,14H,3-5H2,1-2H3,(H2,11,12). The minimum Gasteiger partial charge on any atom is -0.409 e. The van der Waals surface area contributed by atoms with Crippen molar-refractivity contribution in [2.45, 2.75) is 26.7 Å². The molecule has 0 saturated carbocycles. The van der Waals surface area contributed by atoms with Gasteiger partial charge in [-0.05, 0) is 18.8 Å². The molecule has 0 aliphatic carbocycles. The van der Waals surface area contributed by atoms with E-state index in [1.54, 1.807) is 6.07 Å². The van der Waals surface area contributed by atoms with Crippen molar-refractivity contribution in [1.82, 2.24) is 0 Å². The molecule has 0 aromatic carbocycles. The molecule has 0 heterocycles. The predicted molar refractivity (Wildman–Crippen MR) is 56.5 cm³/mol. The van der Waals surface area contributed by atoms with E-state index < -0.39 is 0 Å². The van der Waals surface area contributed by atoms with Gasteiger partial charge >= 0.3 is 0 Å². The van der Waals surface area contributed by atoms with Crippen molar-refractivity contribution in [1.29, 1.82) is 5.26 Å². The molecule has 3 N–H and O–H groups in total. The van der Waals surface area contributed by atoms with E-state index in [2.05, 4.69) is 24.2 Å². The van der Waals surface area contributed by atoms with Gasteiger partial charge in [-0.3, -0.25) is 0 Å². The van der Waals surface area contributed by atoms with Gasteiger partial charge in [0.25, 0.3) is 0 Å². The third-order valence-corrected chi connectivity index (χ3v) is 1.63. The van der Waals surface area contributed by atoms with Gasteiger partial charge in [0.1, 0.15) is 12.7 Å². The Balaban J connectivity index is 3.89. The van der Waals surface area contributed by atoms with Crippen LogP contribution in [0.15, 0.2) is 10.3 Å². The Labute approximate surface area is 89.0 Å². The van der Waals surface area contributed by atoms with Crippen molar-refractivity contribution in [3.05, 3.63) is 0 Å². The van der Waals surface area contributed by atoms with Crippen molar-refractivity contribution in [3.8, 4) is 6.07 Å². The predicted octanol–water partition coefficient (Wildman–Crippen LogP) is 1.07. The second kappa shape index (κ2) is 7.62. The topological polar surface area (TPSA) is 104 Å². The molecule has 15 heavy (non-hydrogen) atoms. The van der Waals surface area contributed by atoms with E-state index >= 15 is 0 Å². The van der Waals surface area contributed by atoms with Crippen LogP contribution < -0.4 is 5.73 Å². The number of amidine groups is 1. The van der Waals surface area contributed by atoms with E-state index in [1.165, 1.54) is 0 Å². The van der Waals surface area contributed by atoms with Gasteiger partial charge in [-0.15, -0.1) is 0 Å². The SMILES string of the molecule is CC(C)CCCON=C(C#N)C(N)=NO. The molecule has 6 nitrogen and oxygen atoms in total. The Hall–Kier alpha value is -1.77. The van der Waals surface area contributed by atoms with E-state index in [0.29, 0.717) is 12.5 Å². The maximum Gasteiger partial charge on any atom is 0.224 e. The second-order valence-electron chi connectivity index (χ2n) is 3.41. The van der Waals surface area contributed by atoms with Gasteiger partial charge in [-0.2, -0.15) is 5.26 Å². The van der Waals surface area contributed by atoms with Crippen LogP contribution in [0.3, 0.4) is 0 Å². The van der Waals surface area contributed by atoms with E-state index in [-0.39, 0.29) is 11.5 Å². The van der Waals surface area contributed by atoms with Crippen molar-refractivity contribution in [3.63, 3.8) is 0 Å². The number of hydrogen-bond donors (Lipinski definition) is 2. The number of rotatable bonds is 6. The first kappa shape index (κ1) is 13.2. The van der Waals surface area contributed by atoms with Crippen molar-refractivity contribution < 1.29 is 10.0 Å². The molecule has 0 fully saturated rings. The lowest BCUT2D eigenvalue weighted by molar-refractivity contribution is 0.138. The Kier molecular flexibility index (Phi) is 6.72. The summed E-state index contributed by atoms with van der Waals surface area (Å²) in [4.78, 5) is 4.85. The van der Waals surface area contributed by atoms with E-state index in [4.69, 9.17) is 21.0 Å². The Morgan fingerprint density at radius 2 is 2.27 bits per heavy atom. The summed E-state index contributed by atoms with van der Waals surface area (Å²) in [6.45, 7) is 4.64. The number of nitrogens with two attached hydrogens (primary N) is 1. The summed E-state index contributed by atoms with van der Waals surface area (Å²) in [5, 5.41) is 22.9. The molecule has 0 rings (SSSR count). The highest BCUT2D eigenvalue weighted by molar-refractivity contribution is 6.46. The molecular formula is C9H16N4O2. The van der Waals surface area contributed by atoms with Gasteiger partial charge < -0.3 is 15.8 Å². The van der Waals surface area contributed by atoms with Crippen LogP contribution in [0.4, 0.5) is 0 Å². The van der Waals surface area contributed by atoms with E-state index in [0.717, 1.165) is 12.8 Å². The first-order chi connectivity index (χ1) is 7.11. The molecule has 0 unspecified atom stereocenters. The number of oxime groups is 2. The van der Waals surface area contributed by atoms with Gasteiger partial charge in [0.05, 0.1) is 0 Å². The lowest BCUT2D eigenvalue weighted by atomic mass is 10.1. The molecule has 0 amide bonds. The molecule has 0 saturated heterocycles. The van der Waals surface area contributed by atoms with Gasteiger partial charge in [0, 0.05) is 0 Å². The third-order valence-electron chi connectivity index (χ3n) is 1.63. The van der Waals surface area contributed by atoms with Gasteiger partial charge in [0.15, 0.2) is 0 Å². The summed E-state index contributed by atoms with van der Waals surface area (Å²) in [7, 11) is 0. The highest BCUT2D eigenvalue weighted by Crippen LogP contribution is 2.03. The maximum absolute atomic E-state index is 8.54. The van der Waals surface area contributed by atoms with E-state index in [1.807, 2.05) is 0 Å². The van der Waals surface area contributed by atoms with Gasteiger partial charge in [-0.1, -0.05) is 24.2 Å². The fourth-order valence-corrected chi connectivity index (χ4v) is 0.838. The van der Waals surface area contributed by atoms with Crippen molar-refractivity contribution in [2.24, 2.45) is 22.0 Å². The summed E-state index contributed by atoms with van der Waals surface area (Å²) < 4.78 is 0. The lowest BCUT2D eigenvalue weighted by Gasteiger charge is -2.02. The Morgan fingerprint density at radius 3 is 2.73 bits per heavy atom. The van der Waals surface area contributed by atoms with Crippen LogP contribution in [0.5, 0.6) is 0 Å². The number of nitriles is 1. The zero-order valence-corrected chi connectivity index (χ0v) is 8.97. The van der Waals surface area contributed by atoms with Crippen LogP contribution in [0.25, 0.3) is 0 Å². The highest BCUT2D eigenvalue weighted by atomic mass is 16.6. The highest BCUT2D eigenvalue weighted by Gasteiger charge is 2.04. The molecular weight excluding hydrogens is 196 g/mol. The van der Waals surface area contributed by atoms with Crippen LogP contribution in [0.1, 0.15) is 26.7 Å². The molecule has 0 atom stereocenters. The summed E-state index contributed by atoms with van der Waals surface area (Å²) in [6, 6.07) is 1.66. The Morgan fingerprint density at radius 1 is 1.60 bits per heavy atom. The van der Waals surface area contributed by atoms with E-state index in [9.17, 15) is 0 Å². The number of hydrogen-bond acceptors (Lipinski definition) is 5. The molecule has 0 aromatic heterocycles. The molecule has 6 heteroatoms. The third kappa shape index (κ3) is 6.32. The second-order valence-corrected chi connectivity index (χ2v) is 3.41. The summed E-state index contributed by atoms with van der Waals surface area (Å²) in [5.41, 5.74) is 4.94.